The Morgan fingerprint density at radius 3 is 0.849 bits per heavy atom. The first-order chi connectivity index (χ1) is 36.0. The number of esters is 3. The Hall–Kier alpha value is -3.67. The minimum absolute atomic E-state index is 0.0818. The van der Waals surface area contributed by atoms with Crippen molar-refractivity contribution in [2.24, 2.45) is 0 Å². The van der Waals surface area contributed by atoms with E-state index in [1.807, 2.05) is 0 Å². The van der Waals surface area contributed by atoms with E-state index >= 15 is 0 Å². The number of unbranched alkanes of at least 4 members (excludes halogenated alkanes) is 28. The number of hydrogen-bond acceptors (Lipinski definition) is 6. The maximum Gasteiger partial charge on any atom is 0.306 e. The minimum Gasteiger partial charge on any atom is -0.462 e. The van der Waals surface area contributed by atoms with E-state index in [9.17, 15) is 14.4 Å². The summed E-state index contributed by atoms with van der Waals surface area (Å²) in [6, 6.07) is 0. The third kappa shape index (κ3) is 59.1. The molecule has 0 heterocycles. The van der Waals surface area contributed by atoms with Gasteiger partial charge in [-0.3, -0.25) is 14.4 Å². The van der Waals surface area contributed by atoms with Crippen LogP contribution in [-0.4, -0.2) is 37.2 Å². The third-order valence-electron chi connectivity index (χ3n) is 13.0. The molecule has 0 aromatic heterocycles. The number of carbonyl (C=O) groups excluding carboxylic acids is 3. The van der Waals surface area contributed by atoms with Crippen molar-refractivity contribution in [2.75, 3.05) is 13.2 Å². The second kappa shape index (κ2) is 60.9. The number of ether oxygens (including phenoxy) is 3. The number of carbonyl (C=O) groups is 3. The summed E-state index contributed by atoms with van der Waals surface area (Å²) in [4.78, 5) is 38.0. The SMILES string of the molecule is CC/C=C\C/C=C\C/C=C\C/C=C\C/C=C\C/C=C\CCCCCCCCCCCCCCCCC(=O)OCC(COC(=O)CCCCCCC/C=C\CCCC)OC(=O)CCCCCCC/C=C\CCCC. The summed E-state index contributed by atoms with van der Waals surface area (Å²) in [5.74, 6) is -0.898. The van der Waals surface area contributed by atoms with Crippen LogP contribution in [0.3, 0.4) is 0 Å². The van der Waals surface area contributed by atoms with Crippen LogP contribution in [0.25, 0.3) is 0 Å². The molecular weight excluding hydrogens is 901 g/mol. The summed E-state index contributed by atoms with van der Waals surface area (Å²) < 4.78 is 16.8. The molecule has 1 atom stereocenters. The summed E-state index contributed by atoms with van der Waals surface area (Å²) in [5, 5.41) is 0. The van der Waals surface area contributed by atoms with Crippen LogP contribution in [-0.2, 0) is 28.6 Å². The van der Waals surface area contributed by atoms with Crippen LogP contribution in [0.5, 0.6) is 0 Å². The highest BCUT2D eigenvalue weighted by molar-refractivity contribution is 5.71. The van der Waals surface area contributed by atoms with Gasteiger partial charge in [-0.15, -0.1) is 0 Å². The van der Waals surface area contributed by atoms with Crippen molar-refractivity contribution >= 4 is 17.9 Å². The maximum absolute atomic E-state index is 12.8. The molecule has 0 saturated heterocycles. The topological polar surface area (TPSA) is 78.9 Å². The first-order valence-electron chi connectivity index (χ1n) is 30.7. The van der Waals surface area contributed by atoms with Gasteiger partial charge in [-0.25, -0.2) is 0 Å². The van der Waals surface area contributed by atoms with Crippen molar-refractivity contribution in [1.29, 1.82) is 0 Å². The van der Waals surface area contributed by atoms with Gasteiger partial charge < -0.3 is 14.2 Å². The molecule has 73 heavy (non-hydrogen) atoms. The second-order valence-corrected chi connectivity index (χ2v) is 20.2. The Morgan fingerprint density at radius 1 is 0.288 bits per heavy atom. The summed E-state index contributed by atoms with van der Waals surface area (Å²) in [6.07, 6.45) is 81.4. The van der Waals surface area contributed by atoms with Gasteiger partial charge in [0.1, 0.15) is 13.2 Å². The molecule has 0 aliphatic heterocycles. The molecule has 0 aromatic rings. The van der Waals surface area contributed by atoms with Crippen LogP contribution in [0.1, 0.15) is 290 Å². The van der Waals surface area contributed by atoms with Crippen LogP contribution in [0.15, 0.2) is 97.2 Å². The average Bonchev–Trinajstić information content (AvgIpc) is 3.39. The van der Waals surface area contributed by atoms with Crippen molar-refractivity contribution in [1.82, 2.24) is 0 Å². The summed E-state index contributed by atoms with van der Waals surface area (Å²) in [7, 11) is 0. The summed E-state index contributed by atoms with van der Waals surface area (Å²) in [6.45, 7) is 6.44. The van der Waals surface area contributed by atoms with Gasteiger partial charge in [0.15, 0.2) is 6.10 Å². The largest absolute Gasteiger partial charge is 0.462 e. The van der Waals surface area contributed by atoms with E-state index < -0.39 is 6.10 Å². The Balaban J connectivity index is 4.09. The van der Waals surface area contributed by atoms with Crippen molar-refractivity contribution in [3.63, 3.8) is 0 Å². The van der Waals surface area contributed by atoms with E-state index in [1.165, 1.54) is 135 Å². The van der Waals surface area contributed by atoms with E-state index in [0.29, 0.717) is 19.3 Å². The number of allylic oxidation sites excluding steroid dienone is 16. The Kier molecular flexibility index (Phi) is 57.8. The molecule has 0 rings (SSSR count). The molecule has 0 saturated carbocycles. The van der Waals surface area contributed by atoms with E-state index in [1.54, 1.807) is 0 Å². The predicted octanol–water partition coefficient (Wildman–Crippen LogP) is 20.9. The first kappa shape index (κ1) is 69.3. The molecule has 0 N–H and O–H groups in total. The average molecular weight is 1020 g/mol. The summed E-state index contributed by atoms with van der Waals surface area (Å²) >= 11 is 0. The molecule has 0 amide bonds. The van der Waals surface area contributed by atoms with Gasteiger partial charge in [0, 0.05) is 19.3 Å². The molecule has 0 bridgehead atoms. The molecule has 6 heteroatoms. The lowest BCUT2D eigenvalue weighted by Gasteiger charge is -2.18. The zero-order chi connectivity index (χ0) is 52.9. The van der Waals surface area contributed by atoms with Crippen LogP contribution in [0, 0.1) is 0 Å². The lowest BCUT2D eigenvalue weighted by atomic mass is 10.0. The van der Waals surface area contributed by atoms with Gasteiger partial charge in [0.2, 0.25) is 0 Å². The van der Waals surface area contributed by atoms with Crippen LogP contribution in [0.4, 0.5) is 0 Å². The van der Waals surface area contributed by atoms with Crippen LogP contribution in [0.2, 0.25) is 0 Å². The molecule has 0 aliphatic rings. The molecule has 418 valence electrons. The fourth-order valence-corrected chi connectivity index (χ4v) is 8.41. The molecule has 0 radical (unpaired) electrons. The molecule has 6 nitrogen and oxygen atoms in total. The molecule has 1 unspecified atom stereocenters. The highest BCUT2D eigenvalue weighted by atomic mass is 16.6. The van der Waals surface area contributed by atoms with Gasteiger partial charge in [0.05, 0.1) is 0 Å². The van der Waals surface area contributed by atoms with Crippen LogP contribution < -0.4 is 0 Å². The van der Waals surface area contributed by atoms with Crippen molar-refractivity contribution in [2.45, 2.75) is 297 Å². The standard InChI is InChI=1S/C67H114O6/c1-4-7-10-13-16-19-22-23-24-25-26-27-28-29-30-31-32-33-34-35-36-37-38-39-40-41-42-43-46-48-51-54-57-60-66(69)72-63-64(73-67(70)61-58-55-52-49-45-21-18-15-12-9-6-3)62-71-65(68)59-56-53-50-47-44-20-17-14-11-8-5-2/h7,10,14-19,23-24,26-27,29-30,32-33,64H,4-6,8-9,11-13,20-22,25,28,31,34-63H2,1-3H3/b10-7-,17-14-,18-15-,19-16-,24-23-,27-26-,30-29-,33-32-. The lowest BCUT2D eigenvalue weighted by Crippen LogP contribution is -2.30. The van der Waals surface area contributed by atoms with Gasteiger partial charge in [-0.1, -0.05) is 259 Å². The molecule has 0 aromatic carbocycles. The zero-order valence-corrected chi connectivity index (χ0v) is 47.9. The van der Waals surface area contributed by atoms with Gasteiger partial charge in [-0.05, 0) is 109 Å². The molecule has 0 fully saturated rings. The minimum atomic E-state index is -0.783. The maximum atomic E-state index is 12.8. The lowest BCUT2D eigenvalue weighted by molar-refractivity contribution is -0.167. The predicted molar refractivity (Wildman–Crippen MR) is 316 cm³/mol. The fraction of sp³-hybridized carbons (Fsp3) is 0.716. The molecule has 0 spiro atoms. The highest BCUT2D eigenvalue weighted by Gasteiger charge is 2.19. The van der Waals surface area contributed by atoms with E-state index in [2.05, 4.69) is 118 Å². The summed E-state index contributed by atoms with van der Waals surface area (Å²) in [5.41, 5.74) is 0. The molecular formula is C67H114O6. The van der Waals surface area contributed by atoms with E-state index in [-0.39, 0.29) is 31.1 Å². The zero-order valence-electron chi connectivity index (χ0n) is 47.9. The van der Waals surface area contributed by atoms with Crippen molar-refractivity contribution in [3.05, 3.63) is 97.2 Å². The highest BCUT2D eigenvalue weighted by Crippen LogP contribution is 2.16. The van der Waals surface area contributed by atoms with Gasteiger partial charge >= 0.3 is 17.9 Å². The monoisotopic (exact) mass is 1010 g/mol. The van der Waals surface area contributed by atoms with Crippen LogP contribution >= 0.6 is 0 Å². The number of hydrogen-bond donors (Lipinski definition) is 0. The quantitative estimate of drug-likeness (QED) is 0.0261. The molecule has 0 aliphatic carbocycles. The van der Waals surface area contributed by atoms with Crippen molar-refractivity contribution in [3.8, 4) is 0 Å². The Morgan fingerprint density at radius 2 is 0.534 bits per heavy atom. The number of rotatable bonds is 55. The normalized spacial score (nSPS) is 12.8. The first-order valence-corrected chi connectivity index (χ1v) is 30.7. The third-order valence-corrected chi connectivity index (χ3v) is 13.0. The van der Waals surface area contributed by atoms with E-state index in [0.717, 1.165) is 116 Å². The van der Waals surface area contributed by atoms with Crippen molar-refractivity contribution < 1.29 is 28.6 Å². The Bertz CT molecular complexity index is 1440. The van der Waals surface area contributed by atoms with Gasteiger partial charge in [0.25, 0.3) is 0 Å². The fourth-order valence-electron chi connectivity index (χ4n) is 8.41. The second-order valence-electron chi connectivity index (χ2n) is 20.2. The van der Waals surface area contributed by atoms with Gasteiger partial charge in [-0.2, -0.15) is 0 Å². The Labute approximate surface area is 451 Å². The smallest absolute Gasteiger partial charge is 0.306 e. The van der Waals surface area contributed by atoms with E-state index in [4.69, 9.17) is 14.2 Å².